The van der Waals surface area contributed by atoms with Gasteiger partial charge in [-0.05, 0) is 77.1 Å². The standard InChI is InChI=1S/C28H43N5O4/c1-20(31-26(35)21(2)29-3)9-4-5-12-24-13-14-25(33(24)19-34)27(36)30-18-22-10-8-11-23(17-22)28(37)32-15-6-7-16-32/h8,10-11,17,19-21,24-25,29H,4-7,9,12-16,18H2,1-3H3,(H,30,36)(H,31,35). The lowest BCUT2D eigenvalue weighted by molar-refractivity contribution is -0.132. The van der Waals surface area contributed by atoms with Crippen LogP contribution in [0.25, 0.3) is 0 Å². The van der Waals surface area contributed by atoms with Gasteiger partial charge in [0.25, 0.3) is 5.91 Å². The summed E-state index contributed by atoms with van der Waals surface area (Å²) in [6.07, 6.45) is 7.95. The molecule has 1 aromatic rings. The summed E-state index contributed by atoms with van der Waals surface area (Å²) < 4.78 is 0. The quantitative estimate of drug-likeness (QED) is 0.277. The van der Waals surface area contributed by atoms with E-state index in [2.05, 4.69) is 16.0 Å². The van der Waals surface area contributed by atoms with Crippen molar-refractivity contribution >= 4 is 24.1 Å². The fourth-order valence-corrected chi connectivity index (χ4v) is 5.25. The number of carbonyl (C=O) groups excluding carboxylic acids is 4. The zero-order valence-corrected chi connectivity index (χ0v) is 22.5. The Hall–Kier alpha value is -2.94. The van der Waals surface area contributed by atoms with Crippen LogP contribution in [0.4, 0.5) is 0 Å². The van der Waals surface area contributed by atoms with E-state index in [1.54, 1.807) is 11.9 Å². The lowest BCUT2D eigenvalue weighted by Gasteiger charge is -2.26. The molecule has 37 heavy (non-hydrogen) atoms. The van der Waals surface area contributed by atoms with Crippen LogP contribution in [-0.4, -0.2) is 78.2 Å². The molecule has 0 bridgehead atoms. The third-order valence-electron chi connectivity index (χ3n) is 7.65. The number of rotatable bonds is 13. The Balaban J connectivity index is 1.42. The first kappa shape index (κ1) is 28.6. The molecule has 4 unspecified atom stereocenters. The molecule has 3 N–H and O–H groups in total. The highest BCUT2D eigenvalue weighted by atomic mass is 16.2. The summed E-state index contributed by atoms with van der Waals surface area (Å²) in [7, 11) is 1.76. The summed E-state index contributed by atoms with van der Waals surface area (Å²) in [6.45, 7) is 5.76. The minimum absolute atomic E-state index is 0.00306. The van der Waals surface area contributed by atoms with Crippen molar-refractivity contribution in [1.29, 1.82) is 0 Å². The topological polar surface area (TPSA) is 111 Å². The Morgan fingerprint density at radius 1 is 1.11 bits per heavy atom. The second-order valence-electron chi connectivity index (χ2n) is 10.4. The predicted molar refractivity (Wildman–Crippen MR) is 143 cm³/mol. The van der Waals surface area contributed by atoms with Crippen LogP contribution in [-0.2, 0) is 20.9 Å². The van der Waals surface area contributed by atoms with Crippen molar-refractivity contribution in [2.24, 2.45) is 0 Å². The summed E-state index contributed by atoms with van der Waals surface area (Å²) in [5.41, 5.74) is 1.52. The maximum Gasteiger partial charge on any atom is 0.253 e. The smallest absolute Gasteiger partial charge is 0.253 e. The number of likely N-dealkylation sites (tertiary alicyclic amines) is 2. The SMILES string of the molecule is CNC(C)C(=O)NC(C)CCCCC1CCC(C(=O)NCc2cccc(C(=O)N3CCCC3)c2)N1C=O. The highest BCUT2D eigenvalue weighted by Crippen LogP contribution is 2.27. The van der Waals surface area contributed by atoms with Gasteiger partial charge in [0.05, 0.1) is 6.04 Å². The van der Waals surface area contributed by atoms with Gasteiger partial charge in [0.1, 0.15) is 6.04 Å². The number of unbranched alkanes of at least 4 members (excludes halogenated alkanes) is 1. The van der Waals surface area contributed by atoms with Gasteiger partial charge in [0.15, 0.2) is 0 Å². The molecule has 9 nitrogen and oxygen atoms in total. The van der Waals surface area contributed by atoms with Gasteiger partial charge in [0, 0.05) is 37.3 Å². The molecule has 2 saturated heterocycles. The van der Waals surface area contributed by atoms with E-state index in [0.717, 1.165) is 70.0 Å². The second kappa shape index (κ2) is 14.1. The molecule has 0 radical (unpaired) electrons. The van der Waals surface area contributed by atoms with Crippen LogP contribution in [0, 0.1) is 0 Å². The van der Waals surface area contributed by atoms with Crippen molar-refractivity contribution in [3.05, 3.63) is 35.4 Å². The van der Waals surface area contributed by atoms with Crippen molar-refractivity contribution in [1.82, 2.24) is 25.8 Å². The van der Waals surface area contributed by atoms with E-state index < -0.39 is 6.04 Å². The first-order valence-electron chi connectivity index (χ1n) is 13.7. The molecule has 0 aliphatic carbocycles. The molecular formula is C28H43N5O4. The summed E-state index contributed by atoms with van der Waals surface area (Å²) in [4.78, 5) is 53.0. The third kappa shape index (κ3) is 8.02. The molecule has 2 fully saturated rings. The maximum atomic E-state index is 12.9. The monoisotopic (exact) mass is 513 g/mol. The van der Waals surface area contributed by atoms with Crippen LogP contribution in [0.2, 0.25) is 0 Å². The van der Waals surface area contributed by atoms with Gasteiger partial charge in [-0.3, -0.25) is 19.2 Å². The average molecular weight is 514 g/mol. The Morgan fingerprint density at radius 3 is 2.57 bits per heavy atom. The molecule has 204 valence electrons. The average Bonchev–Trinajstić information content (AvgIpc) is 3.59. The highest BCUT2D eigenvalue weighted by Gasteiger charge is 2.36. The van der Waals surface area contributed by atoms with Gasteiger partial charge in [-0.1, -0.05) is 25.0 Å². The number of hydrogen-bond acceptors (Lipinski definition) is 5. The van der Waals surface area contributed by atoms with Gasteiger partial charge in [-0.15, -0.1) is 0 Å². The van der Waals surface area contributed by atoms with Crippen LogP contribution in [0.5, 0.6) is 0 Å². The van der Waals surface area contributed by atoms with Crippen molar-refractivity contribution in [3.63, 3.8) is 0 Å². The van der Waals surface area contributed by atoms with E-state index in [1.807, 2.05) is 43.0 Å². The van der Waals surface area contributed by atoms with E-state index >= 15 is 0 Å². The molecule has 2 aliphatic heterocycles. The van der Waals surface area contributed by atoms with Crippen LogP contribution in [0.3, 0.4) is 0 Å². The maximum absolute atomic E-state index is 12.9. The molecule has 0 spiro atoms. The molecule has 0 saturated carbocycles. The van der Waals surface area contributed by atoms with Crippen LogP contribution >= 0.6 is 0 Å². The summed E-state index contributed by atoms with van der Waals surface area (Å²) in [6, 6.07) is 6.89. The molecule has 0 aromatic heterocycles. The van der Waals surface area contributed by atoms with Crippen molar-refractivity contribution in [2.75, 3.05) is 20.1 Å². The molecule has 2 heterocycles. The Kier molecular flexibility index (Phi) is 10.9. The van der Waals surface area contributed by atoms with Gasteiger partial charge in [0.2, 0.25) is 18.2 Å². The Morgan fingerprint density at radius 2 is 1.86 bits per heavy atom. The summed E-state index contributed by atoms with van der Waals surface area (Å²) in [5, 5.41) is 8.91. The Bertz CT molecular complexity index is 933. The normalized spacial score (nSPS) is 20.9. The lowest BCUT2D eigenvalue weighted by atomic mass is 10.0. The van der Waals surface area contributed by atoms with E-state index in [4.69, 9.17) is 0 Å². The highest BCUT2D eigenvalue weighted by molar-refractivity contribution is 5.94. The number of amides is 4. The largest absolute Gasteiger partial charge is 0.352 e. The molecule has 9 heteroatoms. The number of hydrogen-bond donors (Lipinski definition) is 3. The fourth-order valence-electron chi connectivity index (χ4n) is 5.25. The van der Waals surface area contributed by atoms with Gasteiger partial charge in [-0.25, -0.2) is 0 Å². The van der Waals surface area contributed by atoms with Crippen molar-refractivity contribution in [2.45, 2.75) is 95.9 Å². The lowest BCUT2D eigenvalue weighted by Crippen LogP contribution is -2.45. The van der Waals surface area contributed by atoms with Gasteiger partial charge in [-0.2, -0.15) is 0 Å². The first-order chi connectivity index (χ1) is 17.8. The molecule has 4 amide bonds. The van der Waals surface area contributed by atoms with Crippen LogP contribution in [0.15, 0.2) is 24.3 Å². The number of nitrogens with zero attached hydrogens (tertiary/aromatic N) is 2. The number of benzene rings is 1. The fraction of sp³-hybridized carbons (Fsp3) is 0.643. The first-order valence-corrected chi connectivity index (χ1v) is 13.7. The van der Waals surface area contributed by atoms with E-state index in [9.17, 15) is 19.2 Å². The molecule has 2 aliphatic rings. The summed E-state index contributed by atoms with van der Waals surface area (Å²) >= 11 is 0. The van der Waals surface area contributed by atoms with Crippen molar-refractivity contribution < 1.29 is 19.2 Å². The minimum Gasteiger partial charge on any atom is -0.352 e. The summed E-state index contributed by atoms with van der Waals surface area (Å²) in [5.74, 6) is -0.113. The number of likely N-dealkylation sites (N-methyl/N-ethyl adjacent to an activating group) is 1. The van der Waals surface area contributed by atoms with E-state index in [1.165, 1.54) is 0 Å². The van der Waals surface area contributed by atoms with Gasteiger partial charge < -0.3 is 25.8 Å². The number of carbonyl (C=O) groups is 4. The zero-order chi connectivity index (χ0) is 26.8. The number of nitrogens with one attached hydrogen (secondary N) is 3. The van der Waals surface area contributed by atoms with Crippen LogP contribution < -0.4 is 16.0 Å². The molecule has 4 atom stereocenters. The second-order valence-corrected chi connectivity index (χ2v) is 10.4. The van der Waals surface area contributed by atoms with Crippen molar-refractivity contribution in [3.8, 4) is 0 Å². The predicted octanol–water partition coefficient (Wildman–Crippen LogP) is 2.20. The van der Waals surface area contributed by atoms with E-state index in [0.29, 0.717) is 18.5 Å². The van der Waals surface area contributed by atoms with E-state index in [-0.39, 0.29) is 35.8 Å². The van der Waals surface area contributed by atoms with Gasteiger partial charge >= 0.3 is 0 Å². The molecule has 3 rings (SSSR count). The third-order valence-corrected chi connectivity index (χ3v) is 7.65. The Labute approximate surface area is 220 Å². The molecule has 1 aromatic carbocycles. The molecular weight excluding hydrogens is 470 g/mol. The minimum atomic E-state index is -0.460. The van der Waals surface area contributed by atoms with Crippen LogP contribution in [0.1, 0.15) is 81.1 Å². The zero-order valence-electron chi connectivity index (χ0n) is 22.5.